The number of rotatable bonds is 7. The van der Waals surface area contributed by atoms with Gasteiger partial charge in [0, 0.05) is 0 Å². The van der Waals surface area contributed by atoms with Gasteiger partial charge in [-0.15, -0.1) is 0 Å². The van der Waals surface area contributed by atoms with E-state index in [1.165, 1.54) is 13.0 Å². The first-order valence-corrected chi connectivity index (χ1v) is 8.45. The first-order chi connectivity index (χ1) is 12.8. The first-order valence-electron chi connectivity index (χ1n) is 8.45. The number of para-hydroxylation sites is 1. The number of ether oxygens (including phenoxy) is 2. The largest absolute Gasteiger partial charge is 0.482 e. The maximum absolute atomic E-state index is 13.5. The van der Waals surface area contributed by atoms with E-state index in [1.54, 1.807) is 12.1 Å². The highest BCUT2D eigenvalue weighted by molar-refractivity contribution is 5.95. The minimum absolute atomic E-state index is 0.377. The zero-order valence-corrected chi connectivity index (χ0v) is 15.3. The Bertz CT molecular complexity index is 786. The number of hydrogen-bond donors (Lipinski definition) is 1. The number of anilines is 1. The standard InChI is InChI=1S/C20H21F2NO4/c1-12(2)14-7-9-15(10-8-14)26-11-18(24)27-13(3)20(25)23-19-16(21)5-4-6-17(19)22/h4-10,12-13H,11H2,1-3H3,(H,23,25)/t13-/m0/s1. The molecule has 144 valence electrons. The van der Waals surface area contributed by atoms with E-state index in [-0.39, 0.29) is 0 Å². The fourth-order valence-electron chi connectivity index (χ4n) is 2.22. The molecule has 2 aromatic carbocycles. The summed E-state index contributed by atoms with van der Waals surface area (Å²) in [5.74, 6) is -2.61. The number of amides is 1. The van der Waals surface area contributed by atoms with Crippen LogP contribution in [0, 0.1) is 11.6 Å². The van der Waals surface area contributed by atoms with Crippen molar-refractivity contribution in [2.24, 2.45) is 0 Å². The third-order valence-corrected chi connectivity index (χ3v) is 3.79. The van der Waals surface area contributed by atoms with Crippen LogP contribution in [0.2, 0.25) is 0 Å². The lowest BCUT2D eigenvalue weighted by molar-refractivity contribution is -0.155. The van der Waals surface area contributed by atoms with E-state index in [0.29, 0.717) is 11.7 Å². The van der Waals surface area contributed by atoms with Gasteiger partial charge < -0.3 is 14.8 Å². The van der Waals surface area contributed by atoms with E-state index in [1.807, 2.05) is 12.1 Å². The number of esters is 1. The molecule has 0 heterocycles. The number of hydrogen-bond acceptors (Lipinski definition) is 4. The fourth-order valence-corrected chi connectivity index (χ4v) is 2.22. The molecule has 2 aromatic rings. The molecule has 0 saturated heterocycles. The van der Waals surface area contributed by atoms with Gasteiger partial charge in [0.25, 0.3) is 5.91 Å². The van der Waals surface area contributed by atoms with E-state index < -0.39 is 41.9 Å². The van der Waals surface area contributed by atoms with Crippen molar-refractivity contribution in [1.82, 2.24) is 0 Å². The van der Waals surface area contributed by atoms with Crippen molar-refractivity contribution in [2.45, 2.75) is 32.8 Å². The maximum Gasteiger partial charge on any atom is 0.344 e. The molecule has 0 aliphatic carbocycles. The monoisotopic (exact) mass is 377 g/mol. The van der Waals surface area contributed by atoms with Crippen LogP contribution in [0.3, 0.4) is 0 Å². The van der Waals surface area contributed by atoms with E-state index in [9.17, 15) is 18.4 Å². The summed E-state index contributed by atoms with van der Waals surface area (Å²) in [5.41, 5.74) is 0.544. The third kappa shape index (κ3) is 5.77. The second-order valence-electron chi connectivity index (χ2n) is 6.23. The molecule has 0 bridgehead atoms. The lowest BCUT2D eigenvalue weighted by Crippen LogP contribution is -2.32. The van der Waals surface area contributed by atoms with Gasteiger partial charge in [0.2, 0.25) is 0 Å². The summed E-state index contributed by atoms with van der Waals surface area (Å²) in [6.07, 6.45) is -1.25. The lowest BCUT2D eigenvalue weighted by atomic mass is 10.0. The summed E-state index contributed by atoms with van der Waals surface area (Å²) in [7, 11) is 0. The topological polar surface area (TPSA) is 64.6 Å². The lowest BCUT2D eigenvalue weighted by Gasteiger charge is -2.14. The van der Waals surface area contributed by atoms with Crippen molar-refractivity contribution >= 4 is 17.6 Å². The maximum atomic E-state index is 13.5. The highest BCUT2D eigenvalue weighted by atomic mass is 19.1. The van der Waals surface area contributed by atoms with E-state index in [2.05, 4.69) is 19.2 Å². The van der Waals surface area contributed by atoms with Crippen molar-refractivity contribution in [1.29, 1.82) is 0 Å². The summed E-state index contributed by atoms with van der Waals surface area (Å²) in [4.78, 5) is 23.8. The Balaban J connectivity index is 1.84. The van der Waals surface area contributed by atoms with Gasteiger partial charge in [-0.05, 0) is 42.7 Å². The van der Waals surface area contributed by atoms with Gasteiger partial charge in [0.05, 0.1) is 0 Å². The Labute approximate surface area is 156 Å². The van der Waals surface area contributed by atoms with Crippen LogP contribution in [0.1, 0.15) is 32.3 Å². The number of halogens is 2. The van der Waals surface area contributed by atoms with Gasteiger partial charge in [-0.25, -0.2) is 13.6 Å². The number of benzene rings is 2. The molecule has 1 amide bonds. The molecule has 0 aliphatic rings. The van der Waals surface area contributed by atoms with Gasteiger partial charge in [0.15, 0.2) is 12.7 Å². The molecule has 27 heavy (non-hydrogen) atoms. The van der Waals surface area contributed by atoms with Crippen molar-refractivity contribution in [3.05, 3.63) is 59.7 Å². The first kappa shape index (κ1) is 20.4. The normalized spacial score (nSPS) is 11.8. The van der Waals surface area contributed by atoms with Crippen LogP contribution in [0.5, 0.6) is 5.75 Å². The van der Waals surface area contributed by atoms with Crippen LogP contribution in [0.15, 0.2) is 42.5 Å². The summed E-state index contributed by atoms with van der Waals surface area (Å²) >= 11 is 0. The van der Waals surface area contributed by atoms with E-state index in [4.69, 9.17) is 9.47 Å². The molecule has 1 atom stereocenters. The SMILES string of the molecule is CC(C)c1ccc(OCC(=O)O[C@@H](C)C(=O)Nc2c(F)cccc2F)cc1. The van der Waals surface area contributed by atoms with Crippen molar-refractivity contribution in [3.8, 4) is 5.75 Å². The Hall–Kier alpha value is -2.96. The Morgan fingerprint density at radius 2 is 1.59 bits per heavy atom. The Morgan fingerprint density at radius 3 is 2.15 bits per heavy atom. The molecule has 0 fully saturated rings. The molecule has 0 saturated carbocycles. The quantitative estimate of drug-likeness (QED) is 0.740. The van der Waals surface area contributed by atoms with Gasteiger partial charge in [-0.2, -0.15) is 0 Å². The molecule has 7 heteroatoms. The zero-order chi connectivity index (χ0) is 20.0. The van der Waals surface area contributed by atoms with Crippen molar-refractivity contribution in [3.63, 3.8) is 0 Å². The molecule has 1 N–H and O–H groups in total. The van der Waals surface area contributed by atoms with Gasteiger partial charge >= 0.3 is 5.97 Å². The molecular formula is C20H21F2NO4. The molecule has 0 aromatic heterocycles. The minimum atomic E-state index is -1.25. The van der Waals surface area contributed by atoms with Gasteiger partial charge in [-0.1, -0.05) is 32.0 Å². The summed E-state index contributed by atoms with van der Waals surface area (Å²) in [6.45, 7) is 5.02. The van der Waals surface area contributed by atoms with Crippen LogP contribution in [-0.2, 0) is 14.3 Å². The zero-order valence-electron chi connectivity index (χ0n) is 15.3. The van der Waals surface area contributed by atoms with Crippen LogP contribution < -0.4 is 10.1 Å². The van der Waals surface area contributed by atoms with Crippen LogP contribution in [-0.4, -0.2) is 24.6 Å². The number of carbonyl (C=O) groups excluding carboxylic acids is 2. The summed E-state index contributed by atoms with van der Waals surface area (Å²) < 4.78 is 37.3. The molecule has 0 unspecified atom stereocenters. The van der Waals surface area contributed by atoms with Crippen LogP contribution >= 0.6 is 0 Å². The van der Waals surface area contributed by atoms with Crippen molar-refractivity contribution in [2.75, 3.05) is 11.9 Å². The number of carbonyl (C=O) groups is 2. The summed E-state index contributed by atoms with van der Waals surface area (Å²) in [5, 5.41) is 2.07. The average molecular weight is 377 g/mol. The van der Waals surface area contributed by atoms with Gasteiger partial charge in [0.1, 0.15) is 23.1 Å². The molecule has 0 spiro atoms. The highest BCUT2D eigenvalue weighted by Gasteiger charge is 2.21. The summed E-state index contributed by atoms with van der Waals surface area (Å²) in [6, 6.07) is 10.4. The Kier molecular flexibility index (Phi) is 6.87. The van der Waals surface area contributed by atoms with Crippen LogP contribution in [0.25, 0.3) is 0 Å². The third-order valence-electron chi connectivity index (χ3n) is 3.79. The molecule has 0 radical (unpaired) electrons. The van der Waals surface area contributed by atoms with E-state index >= 15 is 0 Å². The highest BCUT2D eigenvalue weighted by Crippen LogP contribution is 2.19. The fraction of sp³-hybridized carbons (Fsp3) is 0.300. The second-order valence-corrected chi connectivity index (χ2v) is 6.23. The smallest absolute Gasteiger partial charge is 0.344 e. The second kappa shape index (κ2) is 9.12. The predicted molar refractivity (Wildman–Crippen MR) is 96.6 cm³/mol. The molecule has 0 aliphatic heterocycles. The van der Waals surface area contributed by atoms with E-state index in [0.717, 1.165) is 17.7 Å². The number of nitrogens with one attached hydrogen (secondary N) is 1. The Morgan fingerprint density at radius 1 is 1.00 bits per heavy atom. The van der Waals surface area contributed by atoms with Gasteiger partial charge in [-0.3, -0.25) is 4.79 Å². The molecule has 2 rings (SSSR count). The van der Waals surface area contributed by atoms with Crippen molar-refractivity contribution < 1.29 is 27.8 Å². The minimum Gasteiger partial charge on any atom is -0.482 e. The molecular weight excluding hydrogens is 356 g/mol. The average Bonchev–Trinajstić information content (AvgIpc) is 2.63. The van der Waals surface area contributed by atoms with Crippen LogP contribution in [0.4, 0.5) is 14.5 Å². The predicted octanol–water partition coefficient (Wildman–Crippen LogP) is 4.04. The molecule has 5 nitrogen and oxygen atoms in total.